The van der Waals surface area contributed by atoms with Crippen LogP contribution < -0.4 is 10.9 Å². The molecule has 24 heavy (non-hydrogen) atoms. The van der Waals surface area contributed by atoms with Crippen LogP contribution in [0.2, 0.25) is 0 Å². The van der Waals surface area contributed by atoms with Gasteiger partial charge < -0.3 is 10.3 Å². The minimum absolute atomic E-state index is 0.0810. The van der Waals surface area contributed by atoms with Gasteiger partial charge in [0, 0.05) is 18.7 Å². The Bertz CT molecular complexity index is 861. The molecule has 0 spiro atoms. The summed E-state index contributed by atoms with van der Waals surface area (Å²) in [7, 11) is 1.63. The molecular formula is C18H23N3O2S. The molecule has 6 heteroatoms. The minimum atomic E-state index is -0.152. The number of benzene rings is 1. The SMILES string of the molecule is Cn1c(=S)[nH]c2cc(C(=O)NC3CCCCCCC3)ccc2c1=O. The van der Waals surface area contributed by atoms with Crippen LogP contribution in [0.25, 0.3) is 10.9 Å². The lowest BCUT2D eigenvalue weighted by atomic mass is 9.96. The zero-order chi connectivity index (χ0) is 17.1. The monoisotopic (exact) mass is 345 g/mol. The fourth-order valence-electron chi connectivity index (χ4n) is 3.32. The summed E-state index contributed by atoms with van der Waals surface area (Å²) in [6, 6.07) is 5.36. The number of amides is 1. The molecule has 1 heterocycles. The lowest BCUT2D eigenvalue weighted by molar-refractivity contribution is 0.0930. The van der Waals surface area contributed by atoms with Gasteiger partial charge in [-0.2, -0.15) is 0 Å². The molecule has 1 fully saturated rings. The van der Waals surface area contributed by atoms with E-state index in [9.17, 15) is 9.59 Å². The number of hydrogen-bond donors (Lipinski definition) is 2. The first kappa shape index (κ1) is 16.9. The number of H-pyrrole nitrogens is 1. The van der Waals surface area contributed by atoms with E-state index in [1.165, 1.54) is 36.7 Å². The number of rotatable bonds is 2. The largest absolute Gasteiger partial charge is 0.349 e. The summed E-state index contributed by atoms with van der Waals surface area (Å²) in [4.78, 5) is 27.8. The van der Waals surface area contributed by atoms with E-state index in [-0.39, 0.29) is 17.5 Å². The number of fused-ring (bicyclic) bond motifs is 1. The summed E-state index contributed by atoms with van der Waals surface area (Å²) in [6.45, 7) is 0. The molecule has 5 nitrogen and oxygen atoms in total. The summed E-state index contributed by atoms with van der Waals surface area (Å²) in [5, 5.41) is 3.68. The Morgan fingerprint density at radius 2 is 1.88 bits per heavy atom. The number of nitrogens with one attached hydrogen (secondary N) is 2. The number of aromatic amines is 1. The lowest BCUT2D eigenvalue weighted by Gasteiger charge is -2.21. The van der Waals surface area contributed by atoms with E-state index in [2.05, 4.69) is 10.3 Å². The van der Waals surface area contributed by atoms with Crippen LogP contribution in [0.1, 0.15) is 55.3 Å². The summed E-state index contributed by atoms with van der Waals surface area (Å²) in [5.74, 6) is -0.0810. The highest BCUT2D eigenvalue weighted by atomic mass is 32.1. The summed E-state index contributed by atoms with van der Waals surface area (Å²) in [5.41, 5.74) is 1.01. The fourth-order valence-corrected chi connectivity index (χ4v) is 3.51. The van der Waals surface area contributed by atoms with Crippen molar-refractivity contribution in [3.8, 4) is 0 Å². The molecule has 1 amide bonds. The van der Waals surface area contributed by atoms with Crippen molar-refractivity contribution in [3.63, 3.8) is 0 Å². The molecule has 0 radical (unpaired) electrons. The maximum absolute atomic E-state index is 12.6. The molecule has 1 aromatic carbocycles. The molecule has 2 N–H and O–H groups in total. The molecule has 0 bridgehead atoms. The first-order valence-corrected chi connectivity index (χ1v) is 9.01. The van der Waals surface area contributed by atoms with Gasteiger partial charge in [0.15, 0.2) is 4.77 Å². The molecule has 1 aromatic heterocycles. The van der Waals surface area contributed by atoms with Crippen molar-refractivity contribution in [3.05, 3.63) is 38.9 Å². The minimum Gasteiger partial charge on any atom is -0.349 e. The molecule has 0 unspecified atom stereocenters. The Morgan fingerprint density at radius 3 is 2.58 bits per heavy atom. The predicted molar refractivity (Wildman–Crippen MR) is 97.9 cm³/mol. The number of hydrogen-bond acceptors (Lipinski definition) is 3. The molecule has 0 aliphatic heterocycles. The number of aromatic nitrogens is 2. The van der Waals surface area contributed by atoms with Crippen LogP contribution in [0, 0.1) is 4.77 Å². The van der Waals surface area contributed by atoms with Gasteiger partial charge in [0.05, 0.1) is 10.9 Å². The summed E-state index contributed by atoms with van der Waals surface area (Å²) < 4.78 is 1.75. The molecule has 3 rings (SSSR count). The van der Waals surface area contributed by atoms with E-state index in [4.69, 9.17) is 12.2 Å². The standard InChI is InChI=1S/C18H23N3O2S/c1-21-17(23)14-10-9-12(11-15(14)20-18(21)24)16(22)19-13-7-5-3-2-4-6-8-13/h9-11,13H,2-8H2,1H3,(H,19,22)(H,20,24). The Labute approximate surface area is 146 Å². The van der Waals surface area contributed by atoms with Crippen molar-refractivity contribution < 1.29 is 4.79 Å². The van der Waals surface area contributed by atoms with Crippen LogP contribution in [0.15, 0.2) is 23.0 Å². The highest BCUT2D eigenvalue weighted by molar-refractivity contribution is 7.71. The zero-order valence-electron chi connectivity index (χ0n) is 13.9. The van der Waals surface area contributed by atoms with Crippen LogP contribution in [0.3, 0.4) is 0 Å². The molecule has 128 valence electrons. The number of carbonyl (C=O) groups excluding carboxylic acids is 1. The first-order valence-electron chi connectivity index (χ1n) is 8.60. The first-order chi connectivity index (χ1) is 11.6. The van der Waals surface area contributed by atoms with Gasteiger partial charge in [0.1, 0.15) is 0 Å². The highest BCUT2D eigenvalue weighted by Crippen LogP contribution is 2.18. The van der Waals surface area contributed by atoms with Gasteiger partial charge in [0.2, 0.25) is 0 Å². The molecular weight excluding hydrogens is 322 g/mol. The Kier molecular flexibility index (Phi) is 5.14. The molecule has 1 aliphatic carbocycles. The van der Waals surface area contributed by atoms with Crippen molar-refractivity contribution in [2.24, 2.45) is 7.05 Å². The van der Waals surface area contributed by atoms with Crippen molar-refractivity contribution in [2.45, 2.75) is 51.0 Å². The van der Waals surface area contributed by atoms with Crippen LogP contribution in [0.5, 0.6) is 0 Å². The second kappa shape index (κ2) is 7.30. The maximum Gasteiger partial charge on any atom is 0.261 e. The fraction of sp³-hybridized carbons (Fsp3) is 0.500. The van der Waals surface area contributed by atoms with Gasteiger partial charge in [-0.25, -0.2) is 0 Å². The van der Waals surface area contributed by atoms with E-state index < -0.39 is 0 Å². The molecule has 0 saturated heterocycles. The van der Waals surface area contributed by atoms with Crippen LogP contribution in [0.4, 0.5) is 0 Å². The lowest BCUT2D eigenvalue weighted by Crippen LogP contribution is -2.35. The Balaban J connectivity index is 1.83. The van der Waals surface area contributed by atoms with Gasteiger partial charge in [0.25, 0.3) is 11.5 Å². The second-order valence-electron chi connectivity index (χ2n) is 6.57. The van der Waals surface area contributed by atoms with Crippen molar-refractivity contribution in [2.75, 3.05) is 0 Å². The zero-order valence-corrected chi connectivity index (χ0v) is 14.7. The second-order valence-corrected chi connectivity index (χ2v) is 6.96. The smallest absolute Gasteiger partial charge is 0.261 e. The maximum atomic E-state index is 12.6. The Morgan fingerprint density at radius 1 is 1.21 bits per heavy atom. The third kappa shape index (κ3) is 3.59. The van der Waals surface area contributed by atoms with E-state index >= 15 is 0 Å². The van der Waals surface area contributed by atoms with Crippen molar-refractivity contribution in [1.29, 1.82) is 0 Å². The van der Waals surface area contributed by atoms with E-state index in [1.54, 1.807) is 25.2 Å². The normalized spacial score (nSPS) is 16.5. The Hall–Kier alpha value is -1.95. The van der Waals surface area contributed by atoms with Crippen LogP contribution >= 0.6 is 12.2 Å². The third-order valence-electron chi connectivity index (χ3n) is 4.80. The van der Waals surface area contributed by atoms with Crippen LogP contribution in [-0.4, -0.2) is 21.5 Å². The van der Waals surface area contributed by atoms with Gasteiger partial charge in [-0.05, 0) is 43.3 Å². The highest BCUT2D eigenvalue weighted by Gasteiger charge is 2.16. The summed E-state index contributed by atoms with van der Waals surface area (Å²) in [6.07, 6.45) is 8.24. The molecule has 0 atom stereocenters. The van der Waals surface area contributed by atoms with Gasteiger partial charge in [-0.1, -0.05) is 32.1 Å². The average molecular weight is 345 g/mol. The summed E-state index contributed by atoms with van der Waals surface area (Å²) >= 11 is 5.14. The number of carbonyl (C=O) groups is 1. The number of nitrogens with zero attached hydrogens (tertiary/aromatic N) is 1. The van der Waals surface area contributed by atoms with E-state index in [0.29, 0.717) is 21.2 Å². The quantitative estimate of drug-likeness (QED) is 0.820. The molecule has 2 aromatic rings. The van der Waals surface area contributed by atoms with Crippen molar-refractivity contribution in [1.82, 2.24) is 14.9 Å². The van der Waals surface area contributed by atoms with Gasteiger partial charge in [-0.3, -0.25) is 14.2 Å². The molecule has 1 saturated carbocycles. The molecule has 1 aliphatic rings. The van der Waals surface area contributed by atoms with E-state index in [0.717, 1.165) is 12.8 Å². The third-order valence-corrected chi connectivity index (χ3v) is 5.18. The van der Waals surface area contributed by atoms with Gasteiger partial charge >= 0.3 is 0 Å². The average Bonchev–Trinajstić information content (AvgIpc) is 2.54. The van der Waals surface area contributed by atoms with E-state index in [1.807, 2.05) is 0 Å². The van der Waals surface area contributed by atoms with Crippen LogP contribution in [-0.2, 0) is 7.05 Å². The topological polar surface area (TPSA) is 66.9 Å². The predicted octanol–water partition coefficient (Wildman–Crippen LogP) is 3.44. The van der Waals surface area contributed by atoms with Crippen molar-refractivity contribution >= 4 is 29.0 Å². The van der Waals surface area contributed by atoms with Gasteiger partial charge in [-0.15, -0.1) is 0 Å².